The van der Waals surface area contributed by atoms with Gasteiger partial charge in [0.1, 0.15) is 5.75 Å². The Bertz CT molecular complexity index is 371. The van der Waals surface area contributed by atoms with E-state index >= 15 is 0 Å². The predicted octanol–water partition coefficient (Wildman–Crippen LogP) is 3.63. The van der Waals surface area contributed by atoms with E-state index in [0.717, 1.165) is 25.3 Å². The van der Waals surface area contributed by atoms with Crippen molar-refractivity contribution in [3.8, 4) is 5.75 Å². The van der Waals surface area contributed by atoms with E-state index in [2.05, 4.69) is 38.0 Å². The summed E-state index contributed by atoms with van der Waals surface area (Å²) in [4.78, 5) is 2.29. The fourth-order valence-electron chi connectivity index (χ4n) is 2.61. The van der Waals surface area contributed by atoms with Crippen LogP contribution in [0.4, 0.5) is 5.69 Å². The molecule has 20 heavy (non-hydrogen) atoms. The van der Waals surface area contributed by atoms with E-state index in [1.54, 1.807) is 12.1 Å². The molecule has 1 aromatic carbocycles. The van der Waals surface area contributed by atoms with Gasteiger partial charge in [0.05, 0.1) is 0 Å². The number of aromatic hydroxyl groups is 1. The largest absolute Gasteiger partial charge is 0.508 e. The molecular weight excluding hydrogens is 248 g/mol. The van der Waals surface area contributed by atoms with Gasteiger partial charge in [-0.25, -0.2) is 0 Å². The summed E-state index contributed by atoms with van der Waals surface area (Å²) in [6.45, 7) is 9.95. The summed E-state index contributed by atoms with van der Waals surface area (Å²) in [6.07, 6.45) is 3.52. The zero-order chi connectivity index (χ0) is 15.0. The molecule has 0 radical (unpaired) electrons. The highest BCUT2D eigenvalue weighted by molar-refractivity contribution is 5.48. The molecule has 0 bridgehead atoms. The third-order valence-corrected chi connectivity index (χ3v) is 4.29. The lowest BCUT2D eigenvalue weighted by atomic mass is 9.81. The molecule has 3 nitrogen and oxygen atoms in total. The summed E-state index contributed by atoms with van der Waals surface area (Å²) in [6, 6.07) is 7.46. The Morgan fingerprint density at radius 3 is 2.20 bits per heavy atom. The van der Waals surface area contributed by atoms with Crippen molar-refractivity contribution in [1.82, 2.24) is 5.32 Å². The first-order chi connectivity index (χ1) is 9.56. The van der Waals surface area contributed by atoms with Crippen LogP contribution in [-0.2, 0) is 0 Å². The van der Waals surface area contributed by atoms with Crippen molar-refractivity contribution in [3.63, 3.8) is 0 Å². The highest BCUT2D eigenvalue weighted by Crippen LogP contribution is 2.29. The summed E-state index contributed by atoms with van der Waals surface area (Å²) in [5.41, 5.74) is 1.46. The number of phenols is 1. The molecule has 0 aromatic heterocycles. The molecule has 0 aliphatic heterocycles. The number of hydrogen-bond acceptors (Lipinski definition) is 3. The second kappa shape index (κ2) is 8.15. The monoisotopic (exact) mass is 278 g/mol. The van der Waals surface area contributed by atoms with Gasteiger partial charge in [-0.2, -0.15) is 0 Å². The van der Waals surface area contributed by atoms with Crippen LogP contribution in [0.15, 0.2) is 24.3 Å². The lowest BCUT2D eigenvalue weighted by Gasteiger charge is -2.37. The van der Waals surface area contributed by atoms with Crippen molar-refractivity contribution in [2.75, 3.05) is 31.6 Å². The van der Waals surface area contributed by atoms with Gasteiger partial charge < -0.3 is 15.3 Å². The fraction of sp³-hybridized carbons (Fsp3) is 0.647. The van der Waals surface area contributed by atoms with Crippen molar-refractivity contribution in [3.05, 3.63) is 24.3 Å². The predicted molar refractivity (Wildman–Crippen MR) is 87.6 cm³/mol. The number of benzene rings is 1. The molecular formula is C17H30N2O. The first kappa shape index (κ1) is 16.8. The molecule has 0 fully saturated rings. The van der Waals surface area contributed by atoms with Gasteiger partial charge in [0.15, 0.2) is 0 Å². The molecule has 3 heteroatoms. The Morgan fingerprint density at radius 1 is 1.10 bits per heavy atom. The minimum Gasteiger partial charge on any atom is -0.508 e. The Balaban J connectivity index is 2.70. The van der Waals surface area contributed by atoms with Gasteiger partial charge in [0.2, 0.25) is 0 Å². The summed E-state index contributed by atoms with van der Waals surface area (Å²) in [5, 5.41) is 13.0. The Kier molecular flexibility index (Phi) is 6.86. The van der Waals surface area contributed by atoms with Crippen LogP contribution in [0.5, 0.6) is 5.75 Å². The Hall–Kier alpha value is -1.22. The van der Waals surface area contributed by atoms with Crippen molar-refractivity contribution in [2.45, 2.75) is 40.0 Å². The topological polar surface area (TPSA) is 35.5 Å². The molecule has 1 aromatic rings. The highest BCUT2D eigenvalue weighted by Gasteiger charge is 2.27. The minimum absolute atomic E-state index is 0.307. The van der Waals surface area contributed by atoms with Crippen LogP contribution >= 0.6 is 0 Å². The van der Waals surface area contributed by atoms with E-state index in [0.29, 0.717) is 11.2 Å². The highest BCUT2D eigenvalue weighted by atomic mass is 16.3. The van der Waals surface area contributed by atoms with Crippen molar-refractivity contribution >= 4 is 5.69 Å². The number of nitrogens with one attached hydrogen (secondary N) is 1. The van der Waals surface area contributed by atoms with E-state index in [1.165, 1.54) is 19.3 Å². The fourth-order valence-corrected chi connectivity index (χ4v) is 2.61. The number of hydrogen-bond donors (Lipinski definition) is 2. The van der Waals surface area contributed by atoms with Crippen LogP contribution in [0.1, 0.15) is 40.0 Å². The van der Waals surface area contributed by atoms with E-state index in [4.69, 9.17) is 0 Å². The third kappa shape index (κ3) is 4.71. The lowest BCUT2D eigenvalue weighted by Crippen LogP contribution is -2.42. The molecule has 1 rings (SSSR count). The molecule has 0 amide bonds. The van der Waals surface area contributed by atoms with Crippen LogP contribution in [0, 0.1) is 5.41 Å². The van der Waals surface area contributed by atoms with Gasteiger partial charge in [-0.05, 0) is 55.5 Å². The molecule has 114 valence electrons. The molecule has 0 saturated carbocycles. The van der Waals surface area contributed by atoms with Crippen molar-refractivity contribution in [1.29, 1.82) is 0 Å². The maximum absolute atomic E-state index is 9.38. The van der Waals surface area contributed by atoms with Gasteiger partial charge in [0, 0.05) is 25.8 Å². The maximum atomic E-state index is 9.38. The van der Waals surface area contributed by atoms with Crippen LogP contribution < -0.4 is 10.2 Å². The van der Waals surface area contributed by atoms with Gasteiger partial charge in [-0.1, -0.05) is 20.8 Å². The van der Waals surface area contributed by atoms with Crippen LogP contribution in [0.25, 0.3) is 0 Å². The van der Waals surface area contributed by atoms with Crippen LogP contribution in [-0.4, -0.2) is 31.8 Å². The standard InChI is InChI=1S/C17H30N2O/c1-5-12-18-13-17(6-2,7-3)14-19(4)15-8-10-16(20)11-9-15/h8-11,18,20H,5-7,12-14H2,1-4H3. The molecule has 2 N–H and O–H groups in total. The second-order valence-electron chi connectivity index (χ2n) is 5.76. The summed E-state index contributed by atoms with van der Waals surface area (Å²) < 4.78 is 0. The average Bonchev–Trinajstić information content (AvgIpc) is 2.47. The SMILES string of the molecule is CCCNCC(CC)(CC)CN(C)c1ccc(O)cc1. The van der Waals surface area contributed by atoms with Gasteiger partial charge in [-0.15, -0.1) is 0 Å². The molecule has 0 unspecified atom stereocenters. The number of phenolic OH excluding ortho intramolecular Hbond substituents is 1. The first-order valence-corrected chi connectivity index (χ1v) is 7.77. The first-order valence-electron chi connectivity index (χ1n) is 7.77. The van der Waals surface area contributed by atoms with E-state index in [9.17, 15) is 5.11 Å². The van der Waals surface area contributed by atoms with Crippen molar-refractivity contribution < 1.29 is 5.11 Å². The van der Waals surface area contributed by atoms with E-state index in [1.807, 2.05) is 12.1 Å². The number of nitrogens with zero attached hydrogens (tertiary/aromatic N) is 1. The molecule has 0 spiro atoms. The zero-order valence-corrected chi connectivity index (χ0v) is 13.4. The number of rotatable bonds is 9. The third-order valence-electron chi connectivity index (χ3n) is 4.29. The summed E-state index contributed by atoms with van der Waals surface area (Å²) in [7, 11) is 2.13. The maximum Gasteiger partial charge on any atom is 0.115 e. The molecule has 0 saturated heterocycles. The summed E-state index contributed by atoms with van der Waals surface area (Å²) >= 11 is 0. The molecule has 0 aliphatic rings. The Morgan fingerprint density at radius 2 is 1.70 bits per heavy atom. The van der Waals surface area contributed by atoms with Crippen molar-refractivity contribution in [2.24, 2.45) is 5.41 Å². The number of anilines is 1. The second-order valence-corrected chi connectivity index (χ2v) is 5.76. The zero-order valence-electron chi connectivity index (χ0n) is 13.4. The quantitative estimate of drug-likeness (QED) is 0.677. The normalized spacial score (nSPS) is 11.6. The average molecular weight is 278 g/mol. The van der Waals surface area contributed by atoms with Gasteiger partial charge in [0.25, 0.3) is 0 Å². The van der Waals surface area contributed by atoms with Gasteiger partial charge >= 0.3 is 0 Å². The van der Waals surface area contributed by atoms with Gasteiger partial charge in [-0.3, -0.25) is 0 Å². The van der Waals surface area contributed by atoms with E-state index < -0.39 is 0 Å². The summed E-state index contributed by atoms with van der Waals surface area (Å²) in [5.74, 6) is 0.323. The molecule has 0 atom stereocenters. The van der Waals surface area contributed by atoms with Crippen LogP contribution in [0.2, 0.25) is 0 Å². The van der Waals surface area contributed by atoms with Crippen LogP contribution in [0.3, 0.4) is 0 Å². The smallest absolute Gasteiger partial charge is 0.115 e. The molecule has 0 aliphatic carbocycles. The van der Waals surface area contributed by atoms with E-state index in [-0.39, 0.29) is 0 Å². The Labute approximate surface area is 124 Å². The molecule has 0 heterocycles. The lowest BCUT2D eigenvalue weighted by molar-refractivity contribution is 0.256. The minimum atomic E-state index is 0.307.